The van der Waals surface area contributed by atoms with Crippen molar-refractivity contribution in [1.82, 2.24) is 5.32 Å². The number of urea groups is 1. The lowest BCUT2D eigenvalue weighted by molar-refractivity contribution is 0.251. The number of carbonyl (C=O) groups excluding carboxylic acids is 1. The Morgan fingerprint density at radius 1 is 1.56 bits per heavy atom. The van der Waals surface area contributed by atoms with E-state index in [1.807, 2.05) is 6.07 Å². The van der Waals surface area contributed by atoms with Gasteiger partial charge in [0.1, 0.15) is 5.82 Å². The largest absolute Gasteiger partial charge is 0.337 e. The first-order valence-corrected chi connectivity index (χ1v) is 4.82. The molecule has 1 atom stereocenters. The molecule has 0 aliphatic rings. The Hall–Kier alpha value is -2.09. The third kappa shape index (κ3) is 3.58. The first-order valence-electron chi connectivity index (χ1n) is 4.82. The molecule has 0 aliphatic heterocycles. The highest BCUT2D eigenvalue weighted by Gasteiger charge is 2.06. The predicted molar refractivity (Wildman–Crippen MR) is 58.2 cm³/mol. The summed E-state index contributed by atoms with van der Waals surface area (Å²) in [7, 11) is 0. The monoisotopic (exact) mass is 221 g/mol. The Morgan fingerprint density at radius 3 is 2.88 bits per heavy atom. The first kappa shape index (κ1) is 12.0. The fraction of sp³-hybridized carbons (Fsp3) is 0.273. The number of nitrogens with zero attached hydrogens (tertiary/aromatic N) is 1. The molecule has 1 rings (SSSR count). The quantitative estimate of drug-likeness (QED) is 0.820. The van der Waals surface area contributed by atoms with E-state index in [9.17, 15) is 9.18 Å². The summed E-state index contributed by atoms with van der Waals surface area (Å²) < 4.78 is 13.1. The molecule has 0 spiro atoms. The number of para-hydroxylation sites is 1. The minimum Gasteiger partial charge on any atom is -0.337 e. The molecule has 0 aromatic heterocycles. The maximum Gasteiger partial charge on any atom is 0.319 e. The molecule has 16 heavy (non-hydrogen) atoms. The van der Waals surface area contributed by atoms with Crippen LogP contribution in [0.4, 0.5) is 14.9 Å². The maximum absolute atomic E-state index is 13.1. The number of rotatable bonds is 3. The molecule has 0 fully saturated rings. The summed E-state index contributed by atoms with van der Waals surface area (Å²) in [4.78, 5) is 11.3. The average Bonchev–Trinajstić information content (AvgIpc) is 2.29. The molecular weight excluding hydrogens is 209 g/mol. The molecule has 2 N–H and O–H groups in total. The van der Waals surface area contributed by atoms with Crippen LogP contribution in [0.15, 0.2) is 24.3 Å². The van der Waals surface area contributed by atoms with Crippen molar-refractivity contribution in [3.63, 3.8) is 0 Å². The molecule has 0 saturated heterocycles. The van der Waals surface area contributed by atoms with Gasteiger partial charge in [0.05, 0.1) is 17.7 Å². The Morgan fingerprint density at radius 2 is 2.25 bits per heavy atom. The fourth-order valence-electron chi connectivity index (χ4n) is 1.02. The number of anilines is 1. The van der Waals surface area contributed by atoms with Crippen molar-refractivity contribution in [1.29, 1.82) is 5.26 Å². The predicted octanol–water partition coefficient (Wildman–Crippen LogP) is 2.11. The van der Waals surface area contributed by atoms with Crippen molar-refractivity contribution < 1.29 is 9.18 Å². The zero-order chi connectivity index (χ0) is 12.0. The van der Waals surface area contributed by atoms with Crippen molar-refractivity contribution in [2.45, 2.75) is 6.92 Å². The molecule has 4 nitrogen and oxygen atoms in total. The molecule has 0 aliphatic carbocycles. The van der Waals surface area contributed by atoms with Gasteiger partial charge in [0, 0.05) is 6.54 Å². The molecule has 1 aromatic carbocycles. The summed E-state index contributed by atoms with van der Waals surface area (Å²) in [6, 6.07) is 7.34. The van der Waals surface area contributed by atoms with E-state index < -0.39 is 11.8 Å². The molecule has 5 heteroatoms. The fourth-order valence-corrected chi connectivity index (χ4v) is 1.02. The second-order valence-electron chi connectivity index (χ2n) is 3.35. The van der Waals surface area contributed by atoms with Crippen LogP contribution >= 0.6 is 0 Å². The van der Waals surface area contributed by atoms with Gasteiger partial charge in [-0.05, 0) is 19.1 Å². The Kier molecular flexibility index (Phi) is 4.28. The van der Waals surface area contributed by atoms with Crippen LogP contribution in [0.3, 0.4) is 0 Å². The van der Waals surface area contributed by atoms with Gasteiger partial charge in [-0.15, -0.1) is 0 Å². The standard InChI is InChI=1S/C11H12FN3O/c1-8(6-13)7-14-11(16)15-10-5-3-2-4-9(10)12/h2-5,8H,7H2,1H3,(H2,14,15,16). The number of benzene rings is 1. The number of halogens is 1. The summed E-state index contributed by atoms with van der Waals surface area (Å²) in [5.74, 6) is -0.766. The number of nitrogens with one attached hydrogen (secondary N) is 2. The van der Waals surface area contributed by atoms with Gasteiger partial charge < -0.3 is 10.6 Å². The van der Waals surface area contributed by atoms with Gasteiger partial charge in [-0.1, -0.05) is 12.1 Å². The molecule has 2 amide bonds. The van der Waals surface area contributed by atoms with Gasteiger partial charge in [-0.2, -0.15) is 5.26 Å². The van der Waals surface area contributed by atoms with E-state index in [1.54, 1.807) is 13.0 Å². The molecule has 1 unspecified atom stereocenters. The topological polar surface area (TPSA) is 64.9 Å². The average molecular weight is 221 g/mol. The van der Waals surface area contributed by atoms with Crippen molar-refractivity contribution in [2.75, 3.05) is 11.9 Å². The SMILES string of the molecule is CC(C#N)CNC(=O)Nc1ccccc1F. The highest BCUT2D eigenvalue weighted by Crippen LogP contribution is 2.11. The molecule has 0 heterocycles. The summed E-state index contributed by atoms with van der Waals surface area (Å²) >= 11 is 0. The summed E-state index contributed by atoms with van der Waals surface area (Å²) in [5.41, 5.74) is 0.115. The zero-order valence-corrected chi connectivity index (χ0v) is 8.83. The minimum atomic E-state index is -0.521. The molecule has 1 aromatic rings. The lowest BCUT2D eigenvalue weighted by Gasteiger charge is -2.08. The number of amides is 2. The third-order valence-corrected chi connectivity index (χ3v) is 1.91. The van der Waals surface area contributed by atoms with Crippen molar-refractivity contribution in [3.8, 4) is 6.07 Å². The van der Waals surface area contributed by atoms with Gasteiger partial charge in [-0.3, -0.25) is 0 Å². The highest BCUT2D eigenvalue weighted by molar-refractivity contribution is 5.89. The van der Waals surface area contributed by atoms with E-state index in [0.717, 1.165) is 0 Å². The van der Waals surface area contributed by atoms with E-state index in [2.05, 4.69) is 10.6 Å². The van der Waals surface area contributed by atoms with E-state index in [-0.39, 0.29) is 18.2 Å². The lowest BCUT2D eigenvalue weighted by atomic mass is 10.2. The first-order chi connectivity index (χ1) is 7.63. The van der Waals surface area contributed by atoms with E-state index in [4.69, 9.17) is 5.26 Å². The van der Waals surface area contributed by atoms with Gasteiger partial charge in [0.2, 0.25) is 0 Å². The van der Waals surface area contributed by atoms with Gasteiger partial charge in [0.15, 0.2) is 0 Å². The summed E-state index contributed by atoms with van der Waals surface area (Å²) in [6.45, 7) is 1.92. The minimum absolute atomic E-state index is 0.115. The van der Waals surface area contributed by atoms with Crippen molar-refractivity contribution in [2.24, 2.45) is 5.92 Å². The van der Waals surface area contributed by atoms with E-state index in [0.29, 0.717) is 0 Å². The second-order valence-corrected chi connectivity index (χ2v) is 3.35. The van der Waals surface area contributed by atoms with E-state index in [1.165, 1.54) is 18.2 Å². The number of carbonyl (C=O) groups is 1. The van der Waals surface area contributed by atoms with Crippen LogP contribution in [0.5, 0.6) is 0 Å². The lowest BCUT2D eigenvalue weighted by Crippen LogP contribution is -2.32. The summed E-state index contributed by atoms with van der Waals surface area (Å²) in [5, 5.41) is 13.3. The zero-order valence-electron chi connectivity index (χ0n) is 8.83. The van der Waals surface area contributed by atoms with Crippen LogP contribution in [-0.2, 0) is 0 Å². The van der Waals surface area contributed by atoms with Gasteiger partial charge in [-0.25, -0.2) is 9.18 Å². The number of hydrogen-bond acceptors (Lipinski definition) is 2. The van der Waals surface area contributed by atoms with Crippen molar-refractivity contribution >= 4 is 11.7 Å². The van der Waals surface area contributed by atoms with Gasteiger partial charge >= 0.3 is 6.03 Å². The molecule has 0 saturated carbocycles. The third-order valence-electron chi connectivity index (χ3n) is 1.91. The molecular formula is C11H12FN3O. The van der Waals surface area contributed by atoms with Crippen LogP contribution in [0.2, 0.25) is 0 Å². The summed E-state index contributed by atoms with van der Waals surface area (Å²) in [6.07, 6.45) is 0. The smallest absolute Gasteiger partial charge is 0.319 e. The van der Waals surface area contributed by atoms with E-state index >= 15 is 0 Å². The Bertz CT molecular complexity index is 414. The maximum atomic E-state index is 13.1. The van der Waals surface area contributed by atoms with Crippen LogP contribution in [-0.4, -0.2) is 12.6 Å². The molecule has 84 valence electrons. The molecule has 0 bridgehead atoms. The van der Waals surface area contributed by atoms with Crippen LogP contribution in [0.1, 0.15) is 6.92 Å². The van der Waals surface area contributed by atoms with Crippen LogP contribution in [0, 0.1) is 23.1 Å². The Labute approximate surface area is 93.1 Å². The normalized spacial score (nSPS) is 11.3. The Balaban J connectivity index is 2.47. The van der Waals surface area contributed by atoms with Crippen LogP contribution < -0.4 is 10.6 Å². The molecule has 0 radical (unpaired) electrons. The number of hydrogen-bond donors (Lipinski definition) is 2. The van der Waals surface area contributed by atoms with Crippen LogP contribution in [0.25, 0.3) is 0 Å². The second kappa shape index (κ2) is 5.71. The highest BCUT2D eigenvalue weighted by atomic mass is 19.1. The number of nitriles is 1. The van der Waals surface area contributed by atoms with Crippen molar-refractivity contribution in [3.05, 3.63) is 30.1 Å². The van der Waals surface area contributed by atoms with Gasteiger partial charge in [0.25, 0.3) is 0 Å².